The summed E-state index contributed by atoms with van der Waals surface area (Å²) >= 11 is 0. The van der Waals surface area contributed by atoms with Crippen LogP contribution in [0.4, 0.5) is 0 Å². The Morgan fingerprint density at radius 3 is 2.45 bits per heavy atom. The number of Topliss-reactive ketones (excluding diaryl/α,β-unsaturated/α-hetero) is 2. The molecule has 0 N–H and O–H groups in total. The second-order valence-corrected chi connectivity index (χ2v) is 5.71. The van der Waals surface area contributed by atoms with Gasteiger partial charge in [0.25, 0.3) is 0 Å². The van der Waals surface area contributed by atoms with Crippen molar-refractivity contribution in [3.8, 4) is 0 Å². The number of aromatic nitrogens is 1. The fraction of sp³-hybridized carbons (Fsp3) is 0.316. The summed E-state index contributed by atoms with van der Waals surface area (Å²) in [7, 11) is 0. The van der Waals surface area contributed by atoms with E-state index < -0.39 is 0 Å². The van der Waals surface area contributed by atoms with E-state index in [9.17, 15) is 9.59 Å². The zero-order valence-corrected chi connectivity index (χ0v) is 13.1. The van der Waals surface area contributed by atoms with Gasteiger partial charge >= 0.3 is 0 Å². The highest BCUT2D eigenvalue weighted by atomic mass is 16.1. The van der Waals surface area contributed by atoms with Gasteiger partial charge in [-0.25, -0.2) is 0 Å². The van der Waals surface area contributed by atoms with Gasteiger partial charge in [-0.1, -0.05) is 37.3 Å². The van der Waals surface area contributed by atoms with E-state index in [1.165, 1.54) is 0 Å². The Labute approximate surface area is 131 Å². The number of carbonyl (C=O) groups is 2. The van der Waals surface area contributed by atoms with Crippen molar-refractivity contribution in [3.63, 3.8) is 0 Å². The number of hydrogen-bond acceptors (Lipinski definition) is 3. The first-order valence-electron chi connectivity index (χ1n) is 7.57. The normalized spacial score (nSPS) is 11.9. The van der Waals surface area contributed by atoms with Gasteiger partial charge in [-0.3, -0.25) is 9.78 Å². The van der Waals surface area contributed by atoms with Crippen molar-refractivity contribution >= 4 is 11.6 Å². The molecule has 1 aromatic carbocycles. The van der Waals surface area contributed by atoms with Crippen LogP contribution in [-0.4, -0.2) is 16.6 Å². The van der Waals surface area contributed by atoms with E-state index in [0.29, 0.717) is 19.3 Å². The molecular formula is C19H21NO2. The Kier molecular flexibility index (Phi) is 5.59. The van der Waals surface area contributed by atoms with Crippen LogP contribution in [0.1, 0.15) is 54.1 Å². The molecule has 114 valence electrons. The first kappa shape index (κ1) is 16.1. The van der Waals surface area contributed by atoms with Crippen LogP contribution in [0, 0.1) is 0 Å². The van der Waals surface area contributed by atoms with E-state index >= 15 is 0 Å². The van der Waals surface area contributed by atoms with E-state index in [1.807, 2.05) is 43.3 Å². The average Bonchev–Trinajstić information content (AvgIpc) is 2.53. The van der Waals surface area contributed by atoms with Crippen LogP contribution >= 0.6 is 0 Å². The van der Waals surface area contributed by atoms with E-state index in [0.717, 1.165) is 16.7 Å². The molecule has 0 saturated carbocycles. The minimum atomic E-state index is 0.134. The van der Waals surface area contributed by atoms with Crippen LogP contribution in [-0.2, 0) is 11.2 Å². The molecule has 0 aliphatic heterocycles. The van der Waals surface area contributed by atoms with Crippen molar-refractivity contribution in [2.45, 2.75) is 39.0 Å². The van der Waals surface area contributed by atoms with Gasteiger partial charge in [-0.05, 0) is 36.5 Å². The minimum Gasteiger partial charge on any atom is -0.300 e. The summed E-state index contributed by atoms with van der Waals surface area (Å²) in [5.41, 5.74) is 2.89. The molecule has 1 heterocycles. The Morgan fingerprint density at radius 2 is 1.86 bits per heavy atom. The van der Waals surface area contributed by atoms with Crippen LogP contribution < -0.4 is 0 Å². The lowest BCUT2D eigenvalue weighted by Gasteiger charge is -2.10. The summed E-state index contributed by atoms with van der Waals surface area (Å²) in [6.45, 7) is 3.63. The van der Waals surface area contributed by atoms with Crippen LogP contribution in [0.15, 0.2) is 48.8 Å². The van der Waals surface area contributed by atoms with E-state index in [2.05, 4.69) is 4.98 Å². The van der Waals surface area contributed by atoms with Crippen molar-refractivity contribution in [1.82, 2.24) is 4.98 Å². The van der Waals surface area contributed by atoms with Gasteiger partial charge in [0.2, 0.25) is 0 Å². The van der Waals surface area contributed by atoms with Gasteiger partial charge in [-0.15, -0.1) is 0 Å². The molecule has 3 nitrogen and oxygen atoms in total. The number of hydrogen-bond donors (Lipinski definition) is 0. The molecular weight excluding hydrogens is 274 g/mol. The lowest BCUT2D eigenvalue weighted by molar-refractivity contribution is -0.117. The van der Waals surface area contributed by atoms with Crippen molar-refractivity contribution in [2.75, 3.05) is 0 Å². The fourth-order valence-corrected chi connectivity index (χ4v) is 2.49. The number of pyridine rings is 1. The first-order valence-corrected chi connectivity index (χ1v) is 7.57. The zero-order valence-electron chi connectivity index (χ0n) is 13.1. The molecule has 1 unspecified atom stereocenters. The summed E-state index contributed by atoms with van der Waals surface area (Å²) in [4.78, 5) is 27.4. The number of ketones is 2. The van der Waals surface area contributed by atoms with Gasteiger partial charge in [-0.2, -0.15) is 0 Å². The molecule has 1 atom stereocenters. The molecule has 0 bridgehead atoms. The fourth-order valence-electron chi connectivity index (χ4n) is 2.49. The second-order valence-electron chi connectivity index (χ2n) is 5.71. The number of nitrogens with zero attached hydrogens (tertiary/aromatic N) is 1. The summed E-state index contributed by atoms with van der Waals surface area (Å²) in [5.74, 6) is 0.510. The molecule has 0 amide bonds. The zero-order chi connectivity index (χ0) is 15.9. The predicted octanol–water partition coefficient (Wildman–Crippen LogP) is 3.98. The standard InChI is InChI=1S/C19H21NO2/c1-14(12-15(2)21)17-6-8-18(9-7-17)19(22)10-5-16-4-3-11-20-13-16/h3-4,6-9,11,13-14H,5,10,12H2,1-2H3. The third-order valence-electron chi connectivity index (χ3n) is 3.76. The molecule has 0 aliphatic rings. The summed E-state index contributed by atoms with van der Waals surface area (Å²) in [5, 5.41) is 0. The van der Waals surface area contributed by atoms with E-state index in [4.69, 9.17) is 0 Å². The van der Waals surface area contributed by atoms with Gasteiger partial charge in [0.15, 0.2) is 5.78 Å². The van der Waals surface area contributed by atoms with Gasteiger partial charge < -0.3 is 4.79 Å². The molecule has 0 fully saturated rings. The number of rotatable bonds is 7. The van der Waals surface area contributed by atoms with Crippen molar-refractivity contribution in [3.05, 3.63) is 65.5 Å². The molecule has 0 radical (unpaired) electrons. The Hall–Kier alpha value is -2.29. The molecule has 0 spiro atoms. The highest BCUT2D eigenvalue weighted by molar-refractivity contribution is 5.96. The van der Waals surface area contributed by atoms with Gasteiger partial charge in [0.1, 0.15) is 5.78 Å². The molecule has 22 heavy (non-hydrogen) atoms. The Bertz CT molecular complexity index is 632. The maximum atomic E-state index is 12.2. The third-order valence-corrected chi connectivity index (χ3v) is 3.76. The van der Waals surface area contributed by atoms with Crippen LogP contribution in [0.2, 0.25) is 0 Å². The quantitative estimate of drug-likeness (QED) is 0.726. The number of carbonyl (C=O) groups excluding carboxylic acids is 2. The smallest absolute Gasteiger partial charge is 0.163 e. The average molecular weight is 295 g/mol. The lowest BCUT2D eigenvalue weighted by Crippen LogP contribution is -2.03. The van der Waals surface area contributed by atoms with E-state index in [-0.39, 0.29) is 17.5 Å². The van der Waals surface area contributed by atoms with Crippen LogP contribution in [0.5, 0.6) is 0 Å². The minimum absolute atomic E-state index is 0.134. The van der Waals surface area contributed by atoms with Crippen molar-refractivity contribution in [1.29, 1.82) is 0 Å². The largest absolute Gasteiger partial charge is 0.300 e. The monoisotopic (exact) mass is 295 g/mol. The van der Waals surface area contributed by atoms with Gasteiger partial charge in [0.05, 0.1) is 0 Å². The summed E-state index contributed by atoms with van der Waals surface area (Å²) in [6.07, 6.45) is 5.24. The van der Waals surface area contributed by atoms with Crippen molar-refractivity contribution < 1.29 is 9.59 Å². The molecule has 3 heteroatoms. The van der Waals surface area contributed by atoms with Crippen LogP contribution in [0.25, 0.3) is 0 Å². The first-order chi connectivity index (χ1) is 10.6. The second kappa shape index (κ2) is 7.64. The molecule has 1 aromatic heterocycles. The highest BCUT2D eigenvalue weighted by Gasteiger charge is 2.10. The molecule has 2 rings (SSSR count). The topological polar surface area (TPSA) is 47.0 Å². The highest BCUT2D eigenvalue weighted by Crippen LogP contribution is 2.20. The maximum Gasteiger partial charge on any atom is 0.163 e. The summed E-state index contributed by atoms with van der Waals surface area (Å²) in [6, 6.07) is 11.5. The number of aryl methyl sites for hydroxylation is 1. The lowest BCUT2D eigenvalue weighted by atomic mass is 9.94. The molecule has 0 saturated heterocycles. The Morgan fingerprint density at radius 1 is 1.14 bits per heavy atom. The molecule has 2 aromatic rings. The number of benzene rings is 1. The maximum absolute atomic E-state index is 12.2. The molecule has 0 aliphatic carbocycles. The van der Waals surface area contributed by atoms with Gasteiger partial charge in [0, 0.05) is 30.8 Å². The van der Waals surface area contributed by atoms with E-state index in [1.54, 1.807) is 19.3 Å². The Balaban J connectivity index is 1.95. The third kappa shape index (κ3) is 4.62. The van der Waals surface area contributed by atoms with Crippen LogP contribution in [0.3, 0.4) is 0 Å². The predicted molar refractivity (Wildman–Crippen MR) is 87.0 cm³/mol. The van der Waals surface area contributed by atoms with Crippen molar-refractivity contribution in [2.24, 2.45) is 0 Å². The summed E-state index contributed by atoms with van der Waals surface area (Å²) < 4.78 is 0. The SMILES string of the molecule is CC(=O)CC(C)c1ccc(C(=O)CCc2cccnc2)cc1.